The van der Waals surface area contributed by atoms with Gasteiger partial charge >= 0.3 is 0 Å². The minimum Gasteiger partial charge on any atom is -0.497 e. The van der Waals surface area contributed by atoms with Crippen LogP contribution in [0.1, 0.15) is 0 Å². The Hall–Kier alpha value is -2.36. The monoisotopic (exact) mass is 424 g/mol. The van der Waals surface area contributed by atoms with Crippen molar-refractivity contribution in [3.05, 3.63) is 53.3 Å². The molecule has 27 heavy (non-hydrogen) atoms. The van der Waals surface area contributed by atoms with Crippen LogP contribution in [-0.4, -0.2) is 29.0 Å². The van der Waals surface area contributed by atoms with Gasteiger partial charge < -0.3 is 15.4 Å². The first-order valence-electron chi connectivity index (χ1n) is 7.66. The maximum atomic E-state index is 13.6. The second-order valence-corrected chi connectivity index (χ2v) is 7.82. The number of carbonyl (C=O) groups excluding carboxylic acids is 1. The largest absolute Gasteiger partial charge is 0.497 e. The van der Waals surface area contributed by atoms with Gasteiger partial charge in [-0.15, -0.1) is 10.2 Å². The molecule has 0 fully saturated rings. The molecule has 0 unspecified atom stereocenters. The number of amides is 1. The van der Waals surface area contributed by atoms with Crippen LogP contribution in [-0.2, 0) is 4.79 Å². The van der Waals surface area contributed by atoms with Crippen LogP contribution >= 0.6 is 34.7 Å². The van der Waals surface area contributed by atoms with Gasteiger partial charge in [-0.05, 0) is 42.5 Å². The van der Waals surface area contributed by atoms with Gasteiger partial charge in [0.1, 0.15) is 11.6 Å². The van der Waals surface area contributed by atoms with Crippen molar-refractivity contribution in [2.75, 3.05) is 23.5 Å². The van der Waals surface area contributed by atoms with E-state index < -0.39 is 5.82 Å². The lowest BCUT2D eigenvalue weighted by Crippen LogP contribution is -2.15. The van der Waals surface area contributed by atoms with Crippen molar-refractivity contribution < 1.29 is 13.9 Å². The average Bonchev–Trinajstić information content (AvgIpc) is 3.11. The number of halogens is 2. The summed E-state index contributed by atoms with van der Waals surface area (Å²) in [7, 11) is 1.60. The summed E-state index contributed by atoms with van der Waals surface area (Å²) in [6.07, 6.45) is 0. The molecule has 2 aromatic carbocycles. The van der Waals surface area contributed by atoms with E-state index in [0.29, 0.717) is 14.5 Å². The predicted octanol–water partition coefficient (Wildman–Crippen LogP) is 4.81. The smallest absolute Gasteiger partial charge is 0.234 e. The Balaban J connectivity index is 1.52. The summed E-state index contributed by atoms with van der Waals surface area (Å²) >= 11 is 8.33. The molecule has 0 aliphatic rings. The van der Waals surface area contributed by atoms with E-state index in [1.807, 2.05) is 24.3 Å². The third kappa shape index (κ3) is 5.56. The molecule has 0 saturated heterocycles. The van der Waals surface area contributed by atoms with E-state index in [1.165, 1.54) is 41.3 Å². The van der Waals surface area contributed by atoms with Gasteiger partial charge in [0.25, 0.3) is 0 Å². The van der Waals surface area contributed by atoms with E-state index in [2.05, 4.69) is 20.8 Å². The normalized spacial score (nSPS) is 10.5. The molecule has 6 nitrogen and oxygen atoms in total. The Bertz CT molecular complexity index is 937. The first-order valence-corrected chi connectivity index (χ1v) is 9.84. The topological polar surface area (TPSA) is 76.1 Å². The molecule has 140 valence electrons. The van der Waals surface area contributed by atoms with Crippen LogP contribution in [0.3, 0.4) is 0 Å². The molecule has 1 amide bonds. The fraction of sp³-hybridized carbons (Fsp3) is 0.118. The summed E-state index contributed by atoms with van der Waals surface area (Å²) in [5, 5.41) is 14.6. The van der Waals surface area contributed by atoms with Crippen LogP contribution in [0.15, 0.2) is 46.8 Å². The van der Waals surface area contributed by atoms with Crippen LogP contribution in [0.2, 0.25) is 5.02 Å². The van der Waals surface area contributed by atoms with Gasteiger partial charge in [-0.25, -0.2) is 4.39 Å². The fourth-order valence-electron chi connectivity index (χ4n) is 2.02. The lowest BCUT2D eigenvalue weighted by molar-refractivity contribution is -0.113. The Morgan fingerprint density at radius 3 is 2.78 bits per heavy atom. The highest BCUT2D eigenvalue weighted by atomic mass is 35.5. The van der Waals surface area contributed by atoms with Crippen molar-refractivity contribution in [1.82, 2.24) is 10.2 Å². The zero-order valence-electron chi connectivity index (χ0n) is 14.0. The van der Waals surface area contributed by atoms with Crippen LogP contribution < -0.4 is 15.4 Å². The number of thioether (sulfide) groups is 1. The maximum Gasteiger partial charge on any atom is 0.234 e. The molecule has 0 saturated carbocycles. The summed E-state index contributed by atoms with van der Waals surface area (Å²) in [6, 6.07) is 11.4. The van der Waals surface area contributed by atoms with Crippen LogP contribution in [0.5, 0.6) is 5.75 Å². The number of carbonyl (C=O) groups is 1. The van der Waals surface area contributed by atoms with E-state index in [0.717, 1.165) is 11.4 Å². The van der Waals surface area contributed by atoms with E-state index in [9.17, 15) is 9.18 Å². The second-order valence-electron chi connectivity index (χ2n) is 5.19. The second kappa shape index (κ2) is 9.03. The zero-order chi connectivity index (χ0) is 19.2. The number of nitrogens with one attached hydrogen (secondary N) is 2. The van der Waals surface area contributed by atoms with Gasteiger partial charge in [0, 0.05) is 10.7 Å². The first-order chi connectivity index (χ1) is 13.0. The van der Waals surface area contributed by atoms with Crippen molar-refractivity contribution in [2.45, 2.75) is 4.34 Å². The van der Waals surface area contributed by atoms with Crippen molar-refractivity contribution >= 4 is 57.1 Å². The van der Waals surface area contributed by atoms with Gasteiger partial charge in [-0.1, -0.05) is 34.7 Å². The van der Waals surface area contributed by atoms with Crippen LogP contribution in [0, 0.1) is 5.82 Å². The van der Waals surface area contributed by atoms with E-state index >= 15 is 0 Å². The number of ether oxygens (including phenoxy) is 1. The molecule has 3 rings (SSSR count). The van der Waals surface area contributed by atoms with Crippen LogP contribution in [0.4, 0.5) is 20.9 Å². The minimum atomic E-state index is -0.542. The van der Waals surface area contributed by atoms with Crippen molar-refractivity contribution in [3.8, 4) is 5.75 Å². The summed E-state index contributed by atoms with van der Waals surface area (Å²) in [4.78, 5) is 12.0. The highest BCUT2D eigenvalue weighted by molar-refractivity contribution is 8.01. The molecule has 10 heteroatoms. The van der Waals surface area contributed by atoms with E-state index in [-0.39, 0.29) is 17.3 Å². The number of rotatable bonds is 7. The third-order valence-corrected chi connectivity index (χ3v) is 5.48. The Morgan fingerprint density at radius 2 is 2.04 bits per heavy atom. The van der Waals surface area contributed by atoms with Gasteiger partial charge in [0.15, 0.2) is 4.34 Å². The number of benzene rings is 2. The number of anilines is 3. The summed E-state index contributed by atoms with van der Waals surface area (Å²) in [5.74, 6) is -0.0692. The quantitative estimate of drug-likeness (QED) is 0.530. The highest BCUT2D eigenvalue weighted by Crippen LogP contribution is 2.28. The summed E-state index contributed by atoms with van der Waals surface area (Å²) in [5.41, 5.74) is 0.893. The van der Waals surface area contributed by atoms with Crippen molar-refractivity contribution in [2.24, 2.45) is 0 Å². The van der Waals surface area contributed by atoms with Gasteiger partial charge in [0.2, 0.25) is 11.0 Å². The van der Waals surface area contributed by atoms with Gasteiger partial charge in [-0.3, -0.25) is 4.79 Å². The van der Waals surface area contributed by atoms with E-state index in [1.54, 1.807) is 7.11 Å². The maximum absolute atomic E-state index is 13.6. The molecule has 3 aromatic rings. The fourth-order valence-corrected chi connectivity index (χ4v) is 3.77. The van der Waals surface area contributed by atoms with Crippen LogP contribution in [0.25, 0.3) is 0 Å². The third-order valence-electron chi connectivity index (χ3n) is 3.28. The summed E-state index contributed by atoms with van der Waals surface area (Å²) in [6.45, 7) is 0. The molecule has 0 aliphatic heterocycles. The SMILES string of the molecule is COc1ccc(Nc2nnc(SCC(=O)Nc3cc(Cl)ccc3F)s2)cc1. The van der Waals surface area contributed by atoms with Gasteiger partial charge in [0.05, 0.1) is 18.6 Å². The van der Waals surface area contributed by atoms with Crippen molar-refractivity contribution in [3.63, 3.8) is 0 Å². The molecule has 2 N–H and O–H groups in total. The molecule has 0 aliphatic carbocycles. The first kappa shape index (κ1) is 19.4. The molecular formula is C17H14ClFN4O2S2. The summed E-state index contributed by atoms with van der Waals surface area (Å²) < 4.78 is 19.4. The minimum absolute atomic E-state index is 0.0484. The van der Waals surface area contributed by atoms with E-state index in [4.69, 9.17) is 16.3 Å². The molecule has 0 atom stereocenters. The number of aromatic nitrogens is 2. The molecule has 0 bridgehead atoms. The number of hydrogen-bond acceptors (Lipinski definition) is 7. The highest BCUT2D eigenvalue weighted by Gasteiger charge is 2.11. The Kier molecular flexibility index (Phi) is 6.49. The molecule has 0 spiro atoms. The molecule has 1 aromatic heterocycles. The van der Waals surface area contributed by atoms with Gasteiger partial charge in [-0.2, -0.15) is 0 Å². The number of nitrogens with zero attached hydrogens (tertiary/aromatic N) is 2. The molecule has 0 radical (unpaired) electrons. The van der Waals surface area contributed by atoms with Crippen molar-refractivity contribution in [1.29, 1.82) is 0 Å². The number of hydrogen-bond donors (Lipinski definition) is 2. The molecular weight excluding hydrogens is 411 g/mol. The lowest BCUT2D eigenvalue weighted by atomic mass is 10.3. The molecule has 1 heterocycles. The average molecular weight is 425 g/mol. The Morgan fingerprint density at radius 1 is 1.26 bits per heavy atom. The Labute approximate surface area is 168 Å². The zero-order valence-corrected chi connectivity index (χ0v) is 16.4. The predicted molar refractivity (Wildman–Crippen MR) is 107 cm³/mol. The standard InChI is InChI=1S/C17H14ClFN4O2S2/c1-25-12-5-3-11(4-6-12)20-16-22-23-17(27-16)26-9-15(24)21-14-8-10(18)2-7-13(14)19/h2-8H,9H2,1H3,(H,20,22)(H,21,24). The number of methoxy groups -OCH3 is 1. The lowest BCUT2D eigenvalue weighted by Gasteiger charge is -2.05.